The summed E-state index contributed by atoms with van der Waals surface area (Å²) in [6.07, 6.45) is -5.72. The van der Waals surface area contributed by atoms with Crippen LogP contribution in [0.1, 0.15) is 124 Å². The van der Waals surface area contributed by atoms with Gasteiger partial charge in [-0.25, -0.2) is 0 Å². The van der Waals surface area contributed by atoms with E-state index in [0.717, 1.165) is 18.2 Å². The number of carbonyl (C=O) groups is 12. The topological polar surface area (TPSA) is 562 Å². The van der Waals surface area contributed by atoms with Crippen molar-refractivity contribution in [2.45, 2.75) is 227 Å². The zero-order valence-electron chi connectivity index (χ0n) is 76.3. The molecule has 135 heavy (non-hydrogen) atoms. The van der Waals surface area contributed by atoms with Gasteiger partial charge in [0, 0.05) is 36.5 Å². The van der Waals surface area contributed by atoms with Gasteiger partial charge in [0.05, 0.1) is 67.6 Å². The average Bonchev–Trinajstić information content (AvgIpc) is 1.62. The largest absolute Gasteiger partial charge is 0.543 e. The Morgan fingerprint density at radius 1 is 0.259 bits per heavy atom. The second kappa shape index (κ2) is 39.1. The molecule has 6 heterocycles. The number of ether oxygens (including phenoxy) is 6. The summed E-state index contributed by atoms with van der Waals surface area (Å²) in [6.45, 7) is 31.8. The molecular formula is C96H108N6O30Si3. The molecule has 6 saturated heterocycles. The number of phenols is 3. The molecule has 15 N–H and O–H groups in total. The summed E-state index contributed by atoms with van der Waals surface area (Å²) in [5.74, 6) is -3.53. The third-order valence-electron chi connectivity index (χ3n) is 25.3. The van der Waals surface area contributed by atoms with Crippen molar-refractivity contribution in [1.29, 1.82) is 0 Å². The van der Waals surface area contributed by atoms with Crippen LogP contribution in [-0.4, -0.2) is 251 Å². The summed E-state index contributed by atoms with van der Waals surface area (Å²) >= 11 is 0. The highest BCUT2D eigenvalue weighted by Crippen LogP contribution is 2.45. The van der Waals surface area contributed by atoms with Gasteiger partial charge in [0.15, 0.2) is 34.7 Å². The third kappa shape index (κ3) is 22.9. The third-order valence-corrected chi connectivity index (χ3v) is 38.3. The summed E-state index contributed by atoms with van der Waals surface area (Å²) in [4.78, 5) is 144. The first-order valence-electron chi connectivity index (χ1n) is 43.4. The molecular weight excluding hydrogens is 1800 g/mol. The van der Waals surface area contributed by atoms with Crippen LogP contribution < -0.4 is 45.2 Å². The zero-order valence-corrected chi connectivity index (χ0v) is 79.3. The fraction of sp³-hybridized carbons (Fsp3) is 0.375. The lowest BCUT2D eigenvalue weighted by Gasteiger charge is -2.37. The maximum absolute atomic E-state index is 12.8. The standard InChI is InChI=1S/3C19H25NO5Si.3C13H11NO5/c3*1-19(2,3)26(4,5)25-14-9-7-6-8-11(14)18(23)20-12-10-13(21)16-17(24-16)15(12)22;3*15-8-4-2-1-3-6(8)13(18)14-7-5-9(16)11-12(19-11)10(7)17/h3*6-10,15-17,22H,1-5H3,(H,20,23);3*1-5,10-12,15,17H,(H,14,18)/t2*15-,16+,17-;;2*10-,11+,12-;/m10.10./s1. The highest BCUT2D eigenvalue weighted by molar-refractivity contribution is 6.75. The van der Waals surface area contributed by atoms with Crippen LogP contribution in [0.25, 0.3) is 0 Å². The molecule has 6 aliphatic heterocycles. The number of epoxide rings is 6. The van der Waals surface area contributed by atoms with Gasteiger partial charge in [-0.1, -0.05) is 135 Å². The van der Waals surface area contributed by atoms with Crippen LogP contribution in [0.2, 0.25) is 54.4 Å². The smallest absolute Gasteiger partial charge is 0.259 e. The SMILES string of the molecule is CC(C)(C)[Si](C)(C)Oc1ccccc1C(=O)NC1=CC(=O)C2OC2C1O.CC(C)(C)[Si](C)(C)Oc1ccccc1C(=O)NC1=CC(=O)[C@@H]2O[C@@H]2[C@@H]1O.CC(C)(C)[Si](C)(C)Oc1ccccc1C(=O)NC1=CC(=O)[C@H]2O[C@H]2[C@H]1O.O=C(NC1=CC(=O)C2OC2C1O)c1ccccc1O.O=C(NC1=CC(=O)[C@@H]2O[C@@H]2[C@@H]1O)c1ccccc1O.O=C(NC1=CC(=O)[C@H]2O[C@H]2[C@H]1O)c1ccccc1O. The number of nitrogens with one attached hydrogen (secondary N) is 6. The van der Waals surface area contributed by atoms with Gasteiger partial charge in [-0.3, -0.25) is 57.5 Å². The normalized spacial score (nSPS) is 26.6. The molecule has 6 aromatic carbocycles. The van der Waals surface area contributed by atoms with Gasteiger partial charge < -0.3 is 120 Å². The van der Waals surface area contributed by atoms with E-state index in [9.17, 15) is 103 Å². The van der Waals surface area contributed by atoms with Crippen molar-refractivity contribution >= 4 is 95.1 Å². The second-order valence-electron chi connectivity index (χ2n) is 38.2. The molecule has 39 heteroatoms. The zero-order chi connectivity index (χ0) is 98.5. The van der Waals surface area contributed by atoms with Crippen LogP contribution in [0.3, 0.4) is 0 Å². The minimum Gasteiger partial charge on any atom is -0.543 e. The number of rotatable bonds is 18. The number of aliphatic hydroxyl groups excluding tert-OH is 6. The van der Waals surface area contributed by atoms with Crippen LogP contribution in [0.5, 0.6) is 34.5 Å². The van der Waals surface area contributed by atoms with Crippen LogP contribution in [0, 0.1) is 0 Å². The first kappa shape index (κ1) is 100. The monoisotopic (exact) mass is 1910 g/mol. The molecule has 6 aliphatic carbocycles. The Kier molecular flexibility index (Phi) is 29.0. The summed E-state index contributed by atoms with van der Waals surface area (Å²) < 4.78 is 49.2. The molecule has 714 valence electrons. The summed E-state index contributed by atoms with van der Waals surface area (Å²) in [7, 11) is -6.37. The lowest BCUT2D eigenvalue weighted by Crippen LogP contribution is -2.44. The molecule has 6 aromatic rings. The van der Waals surface area contributed by atoms with Gasteiger partial charge >= 0.3 is 0 Å². The maximum atomic E-state index is 12.8. The molecule has 18 atom stereocenters. The summed E-state index contributed by atoms with van der Waals surface area (Å²) in [5.41, 5.74) is 2.12. The molecule has 0 spiro atoms. The minimum atomic E-state index is -2.12. The number of aromatic hydroxyl groups is 3. The number of benzene rings is 6. The van der Waals surface area contributed by atoms with Crippen LogP contribution >= 0.6 is 0 Å². The van der Waals surface area contributed by atoms with Gasteiger partial charge in [0.2, 0.25) is 0 Å². The quantitative estimate of drug-likeness (QED) is 0.0330. The number of para-hydroxylation sites is 6. The lowest BCUT2D eigenvalue weighted by atomic mass is 10.0. The fourth-order valence-corrected chi connectivity index (χ4v) is 17.0. The molecule has 0 bridgehead atoms. The number of aliphatic hydroxyl groups is 6. The number of ketones is 6. The predicted molar refractivity (Wildman–Crippen MR) is 488 cm³/mol. The molecule has 6 unspecified atom stereocenters. The predicted octanol–water partition coefficient (Wildman–Crippen LogP) is 6.34. The molecule has 18 rings (SSSR count). The van der Waals surface area contributed by atoms with E-state index in [1.807, 2.05) is 18.2 Å². The van der Waals surface area contributed by atoms with Gasteiger partial charge in [-0.2, -0.15) is 0 Å². The van der Waals surface area contributed by atoms with E-state index >= 15 is 0 Å². The number of phenolic OH excluding ortho intramolecular Hbond substituents is 3. The minimum absolute atomic E-state index is 0.0105. The Balaban J connectivity index is 0.000000138. The van der Waals surface area contributed by atoms with Crippen LogP contribution in [-0.2, 0) is 57.2 Å². The molecule has 36 nitrogen and oxygen atoms in total. The molecule has 0 aromatic heterocycles. The van der Waals surface area contributed by atoms with E-state index in [1.165, 1.54) is 54.6 Å². The van der Waals surface area contributed by atoms with Gasteiger partial charge in [0.25, 0.3) is 60.4 Å². The molecule has 0 radical (unpaired) electrons. The van der Waals surface area contributed by atoms with Crippen molar-refractivity contribution in [1.82, 2.24) is 31.9 Å². The number of fused-ring (bicyclic) bond motifs is 6. The molecule has 0 saturated carbocycles. The van der Waals surface area contributed by atoms with Crippen molar-refractivity contribution in [3.05, 3.63) is 250 Å². The molecule has 6 fully saturated rings. The van der Waals surface area contributed by atoms with E-state index < -0.39 is 170 Å². The van der Waals surface area contributed by atoms with Crippen molar-refractivity contribution in [3.8, 4) is 34.5 Å². The average molecular weight is 1910 g/mol. The Hall–Kier alpha value is -12.4. The lowest BCUT2D eigenvalue weighted by molar-refractivity contribution is -0.116. The van der Waals surface area contributed by atoms with E-state index in [0.29, 0.717) is 33.9 Å². The number of carbonyl (C=O) groups excluding carboxylic acids is 12. The van der Waals surface area contributed by atoms with Crippen LogP contribution in [0.4, 0.5) is 0 Å². The number of hydrogen-bond donors (Lipinski definition) is 15. The summed E-state index contributed by atoms with van der Waals surface area (Å²) in [5, 5.41) is 104. The highest BCUT2D eigenvalue weighted by atomic mass is 28.4. The number of amides is 6. The van der Waals surface area contributed by atoms with Gasteiger partial charge in [-0.15, -0.1) is 0 Å². The van der Waals surface area contributed by atoms with E-state index in [4.69, 9.17) is 41.7 Å². The maximum Gasteiger partial charge on any atom is 0.259 e. The van der Waals surface area contributed by atoms with E-state index in [1.54, 1.807) is 91.0 Å². The van der Waals surface area contributed by atoms with Crippen molar-refractivity contribution in [2.24, 2.45) is 0 Å². The Bertz CT molecular complexity index is 5400. The first-order chi connectivity index (χ1) is 63.3. The highest BCUT2D eigenvalue weighted by Gasteiger charge is 2.59. The van der Waals surface area contributed by atoms with Crippen molar-refractivity contribution in [3.63, 3.8) is 0 Å². The Labute approximate surface area is 778 Å². The Morgan fingerprint density at radius 3 is 0.570 bits per heavy atom. The Morgan fingerprint density at radius 2 is 0.407 bits per heavy atom. The fourth-order valence-electron chi connectivity index (χ4n) is 13.9. The second-order valence-corrected chi connectivity index (χ2v) is 52.3. The summed E-state index contributed by atoms with van der Waals surface area (Å²) in [6, 6.07) is 39.1. The first-order valence-corrected chi connectivity index (χ1v) is 52.1. The van der Waals surface area contributed by atoms with Gasteiger partial charge in [-0.05, 0) is 127 Å². The van der Waals surface area contributed by atoms with E-state index in [-0.39, 0.29) is 118 Å². The van der Waals surface area contributed by atoms with Crippen molar-refractivity contribution in [2.75, 3.05) is 0 Å². The molecule has 12 aliphatic rings. The molecule has 6 amide bonds. The number of hydrogen-bond acceptors (Lipinski definition) is 30. The van der Waals surface area contributed by atoms with Gasteiger partial charge in [0.1, 0.15) is 144 Å². The van der Waals surface area contributed by atoms with E-state index in [2.05, 4.69) is 133 Å². The van der Waals surface area contributed by atoms with Crippen LogP contribution in [0.15, 0.2) is 216 Å². The van der Waals surface area contributed by atoms with Crippen molar-refractivity contribution < 1.29 is 145 Å².